The average molecular weight is 415 g/mol. The molecule has 0 aromatic carbocycles. The van der Waals surface area contributed by atoms with E-state index in [1.807, 2.05) is 12.1 Å². The molecule has 30 heavy (non-hydrogen) atoms. The molecule has 1 aliphatic carbocycles. The van der Waals surface area contributed by atoms with Crippen molar-refractivity contribution in [1.29, 1.82) is 0 Å². The number of nitrogens with zero attached hydrogens (tertiary/aromatic N) is 2. The summed E-state index contributed by atoms with van der Waals surface area (Å²) in [4.78, 5) is 28.2. The Labute approximate surface area is 175 Å². The third kappa shape index (κ3) is 4.27. The van der Waals surface area contributed by atoms with Crippen LogP contribution in [0, 0.1) is 5.92 Å². The second-order valence-electron chi connectivity index (χ2n) is 8.23. The molecule has 9 nitrogen and oxygen atoms in total. The zero-order valence-corrected chi connectivity index (χ0v) is 17.2. The molecule has 3 heterocycles. The van der Waals surface area contributed by atoms with E-state index in [1.54, 1.807) is 6.20 Å². The molecule has 2 aromatic rings. The van der Waals surface area contributed by atoms with Crippen LogP contribution in [0.2, 0.25) is 0 Å². The largest absolute Gasteiger partial charge is 0.465 e. The quantitative estimate of drug-likeness (QED) is 0.485. The highest BCUT2D eigenvalue weighted by Crippen LogP contribution is 2.47. The molecule has 0 spiro atoms. The molecule has 0 unspecified atom stereocenters. The highest BCUT2D eigenvalue weighted by molar-refractivity contribution is 5.86. The fraction of sp³-hybridized carbons (Fsp3) is 0.571. The monoisotopic (exact) mass is 415 g/mol. The van der Waals surface area contributed by atoms with Crippen LogP contribution in [-0.4, -0.2) is 59.0 Å². The van der Waals surface area contributed by atoms with Gasteiger partial charge in [0.1, 0.15) is 11.8 Å². The molecule has 1 saturated heterocycles. The van der Waals surface area contributed by atoms with Crippen LogP contribution in [0.5, 0.6) is 0 Å². The lowest BCUT2D eigenvalue weighted by molar-refractivity contribution is -0.136. The number of aromatic nitrogens is 2. The number of amides is 2. The first-order valence-electron chi connectivity index (χ1n) is 10.5. The second kappa shape index (κ2) is 8.61. The maximum Gasteiger partial charge on any atom is 0.404 e. The number of morpholine rings is 1. The van der Waals surface area contributed by atoms with E-state index < -0.39 is 17.7 Å². The molecule has 1 saturated carbocycles. The zero-order chi connectivity index (χ0) is 21.1. The molecule has 2 aliphatic rings. The van der Waals surface area contributed by atoms with Gasteiger partial charge in [-0.2, -0.15) is 0 Å². The minimum absolute atomic E-state index is 0.0907. The van der Waals surface area contributed by atoms with Crippen LogP contribution in [-0.2, 0) is 21.6 Å². The minimum Gasteiger partial charge on any atom is -0.465 e. The third-order valence-corrected chi connectivity index (χ3v) is 6.04. The molecule has 2 amide bonds. The van der Waals surface area contributed by atoms with Gasteiger partial charge >= 0.3 is 6.09 Å². The Morgan fingerprint density at radius 2 is 2.27 bits per heavy atom. The molecule has 162 valence electrons. The van der Waals surface area contributed by atoms with Crippen molar-refractivity contribution < 1.29 is 19.4 Å². The Morgan fingerprint density at radius 3 is 2.97 bits per heavy atom. The first kappa shape index (κ1) is 20.6. The first-order valence-corrected chi connectivity index (χ1v) is 10.5. The number of fused-ring (bicyclic) bond motifs is 1. The topological polar surface area (TPSA) is 118 Å². The van der Waals surface area contributed by atoms with Gasteiger partial charge in [0.05, 0.1) is 12.1 Å². The Balaban J connectivity index is 1.60. The summed E-state index contributed by atoms with van der Waals surface area (Å²) in [6, 6.07) is 3.95. The van der Waals surface area contributed by atoms with Crippen LogP contribution in [0.15, 0.2) is 24.5 Å². The second-order valence-corrected chi connectivity index (χ2v) is 8.23. The number of carboxylic acid groups (broad SMARTS) is 1. The number of carbonyl (C=O) groups excluding carboxylic acids is 1. The van der Waals surface area contributed by atoms with Crippen molar-refractivity contribution >= 4 is 23.0 Å². The molecule has 9 heteroatoms. The fourth-order valence-electron chi connectivity index (χ4n) is 4.27. The summed E-state index contributed by atoms with van der Waals surface area (Å²) in [5.74, 6) is 0.276. The molecule has 1 aliphatic heterocycles. The van der Waals surface area contributed by atoms with Gasteiger partial charge < -0.3 is 30.4 Å². The van der Waals surface area contributed by atoms with Crippen LogP contribution in [0.25, 0.3) is 11.0 Å². The van der Waals surface area contributed by atoms with E-state index >= 15 is 0 Å². The number of hydrogen-bond acceptors (Lipinski definition) is 5. The molecule has 2 fully saturated rings. The lowest BCUT2D eigenvalue weighted by Gasteiger charge is -2.34. The van der Waals surface area contributed by atoms with Gasteiger partial charge in [0.25, 0.3) is 5.91 Å². The van der Waals surface area contributed by atoms with Crippen molar-refractivity contribution in [3.8, 4) is 0 Å². The molecule has 2 aromatic heterocycles. The van der Waals surface area contributed by atoms with Gasteiger partial charge in [-0.25, -0.2) is 9.78 Å². The van der Waals surface area contributed by atoms with Crippen LogP contribution in [0.4, 0.5) is 4.79 Å². The van der Waals surface area contributed by atoms with E-state index in [9.17, 15) is 9.59 Å². The van der Waals surface area contributed by atoms with Crippen molar-refractivity contribution in [2.75, 3.05) is 26.2 Å². The van der Waals surface area contributed by atoms with E-state index in [4.69, 9.17) is 9.84 Å². The molecular formula is C21H29N5O4. The number of ether oxygens (including phenoxy) is 1. The van der Waals surface area contributed by atoms with E-state index in [1.165, 1.54) is 0 Å². The van der Waals surface area contributed by atoms with Gasteiger partial charge in [-0.3, -0.25) is 4.79 Å². The van der Waals surface area contributed by atoms with Crippen molar-refractivity contribution in [3.05, 3.63) is 30.1 Å². The molecule has 4 rings (SSSR count). The summed E-state index contributed by atoms with van der Waals surface area (Å²) >= 11 is 0. The Bertz CT molecular complexity index is 919. The van der Waals surface area contributed by atoms with E-state index in [0.29, 0.717) is 38.6 Å². The smallest absolute Gasteiger partial charge is 0.404 e. The first-order chi connectivity index (χ1) is 14.5. The third-order valence-electron chi connectivity index (χ3n) is 6.04. The molecule has 2 atom stereocenters. The number of hydrogen-bond donors (Lipinski definition) is 4. The van der Waals surface area contributed by atoms with Crippen LogP contribution < -0.4 is 16.0 Å². The lowest BCUT2D eigenvalue weighted by atomic mass is 9.86. The predicted octanol–water partition coefficient (Wildman–Crippen LogP) is 1.42. The van der Waals surface area contributed by atoms with E-state index in [0.717, 1.165) is 36.0 Å². The lowest BCUT2D eigenvalue weighted by Crippen LogP contribution is -2.54. The molecule has 4 N–H and O–H groups in total. The van der Waals surface area contributed by atoms with Crippen LogP contribution >= 0.6 is 0 Å². The Hall–Kier alpha value is -2.65. The van der Waals surface area contributed by atoms with E-state index in [-0.39, 0.29) is 5.91 Å². The highest BCUT2D eigenvalue weighted by Gasteiger charge is 2.46. The highest BCUT2D eigenvalue weighted by atomic mass is 16.5. The van der Waals surface area contributed by atoms with Gasteiger partial charge in [-0.05, 0) is 44.2 Å². The molecular weight excluding hydrogens is 386 g/mol. The normalized spacial score (nSPS) is 21.2. The van der Waals surface area contributed by atoms with Crippen LogP contribution in [0.1, 0.15) is 31.7 Å². The number of aryl methyl sites for hydroxylation is 1. The molecule has 0 radical (unpaired) electrons. The average Bonchev–Trinajstić information content (AvgIpc) is 3.54. The van der Waals surface area contributed by atoms with Crippen molar-refractivity contribution in [3.63, 3.8) is 0 Å². The standard InChI is InChI=1S/C21H29N5O4/c1-21(14-5-6-14,25-19(27)17-12-22-9-11-30-17)16-13-26(10-3-8-24-20(28)29)18-15(16)4-2-7-23-18/h2,4,7,13-14,17,22,24H,3,5-6,8-12H2,1H3,(H,25,27)(H,28,29)/t17-,21+/m1/s1. The minimum atomic E-state index is -1.02. The van der Waals surface area contributed by atoms with Crippen molar-refractivity contribution in [2.24, 2.45) is 5.92 Å². The number of pyridine rings is 1. The molecule has 0 bridgehead atoms. The Kier molecular flexibility index (Phi) is 5.92. The number of nitrogens with one attached hydrogen (secondary N) is 3. The van der Waals surface area contributed by atoms with Crippen LogP contribution in [0.3, 0.4) is 0 Å². The zero-order valence-electron chi connectivity index (χ0n) is 17.2. The van der Waals surface area contributed by atoms with E-state index in [2.05, 4.69) is 38.6 Å². The Morgan fingerprint density at radius 1 is 1.43 bits per heavy atom. The number of rotatable bonds is 8. The predicted molar refractivity (Wildman–Crippen MR) is 111 cm³/mol. The van der Waals surface area contributed by atoms with Gasteiger partial charge in [0.15, 0.2) is 0 Å². The summed E-state index contributed by atoms with van der Waals surface area (Å²) < 4.78 is 7.71. The summed E-state index contributed by atoms with van der Waals surface area (Å²) in [6.07, 6.45) is 5.11. The van der Waals surface area contributed by atoms with Gasteiger partial charge in [-0.1, -0.05) is 0 Å². The van der Waals surface area contributed by atoms with Crippen molar-refractivity contribution in [2.45, 2.75) is 44.4 Å². The summed E-state index contributed by atoms with van der Waals surface area (Å²) in [5.41, 5.74) is 1.39. The maximum absolute atomic E-state index is 13.0. The van der Waals surface area contributed by atoms with Crippen molar-refractivity contribution in [1.82, 2.24) is 25.5 Å². The van der Waals surface area contributed by atoms with Gasteiger partial charge in [-0.15, -0.1) is 0 Å². The van der Waals surface area contributed by atoms with Gasteiger partial charge in [0, 0.05) is 49.5 Å². The summed E-state index contributed by atoms with van der Waals surface area (Å²) in [6.45, 7) is 4.92. The SMILES string of the molecule is C[C@@](NC(=O)[C@H]1CNCCO1)(c1cn(CCCNC(=O)O)c2ncccc12)C1CC1. The maximum atomic E-state index is 13.0. The summed E-state index contributed by atoms with van der Waals surface area (Å²) in [7, 11) is 0. The number of carbonyl (C=O) groups is 2. The van der Waals surface area contributed by atoms with Gasteiger partial charge in [0.2, 0.25) is 0 Å². The fourth-order valence-corrected chi connectivity index (χ4v) is 4.27. The summed E-state index contributed by atoms with van der Waals surface area (Å²) in [5, 5.41) is 18.7.